The zero-order valence-electron chi connectivity index (χ0n) is 11.5. The molecule has 0 aromatic heterocycles. The molecule has 1 saturated heterocycles. The summed E-state index contributed by atoms with van der Waals surface area (Å²) in [5.74, 6) is 0.773. The number of nitrogens with two attached hydrogens (primary N) is 1. The second kappa shape index (κ2) is 6.04. The molecule has 0 radical (unpaired) electrons. The Balaban J connectivity index is 1.66. The Morgan fingerprint density at radius 2 is 2.11 bits per heavy atom. The second-order valence-corrected chi connectivity index (χ2v) is 5.73. The highest BCUT2D eigenvalue weighted by atomic mass is 16.5. The van der Waals surface area contributed by atoms with Crippen molar-refractivity contribution in [1.29, 1.82) is 0 Å². The van der Waals surface area contributed by atoms with Crippen LogP contribution in [0.5, 0.6) is 0 Å². The van der Waals surface area contributed by atoms with Gasteiger partial charge in [0.15, 0.2) is 0 Å². The van der Waals surface area contributed by atoms with E-state index in [1.807, 2.05) is 0 Å². The molecule has 0 bridgehead atoms. The molecule has 3 nitrogen and oxygen atoms in total. The van der Waals surface area contributed by atoms with Crippen molar-refractivity contribution in [3.8, 4) is 0 Å². The Hall–Kier alpha value is -0.900. The van der Waals surface area contributed by atoms with Gasteiger partial charge < -0.3 is 15.8 Å². The molecular weight excluding hydrogens is 236 g/mol. The standard InChI is InChI=1S/C16H24N2O/c17-10-16(18-11-13-4-3-9-19-13)15-6-2-1-5-14(15)12-7-8-12/h1-2,5-6,12-13,16,18H,3-4,7-11,17H2. The molecule has 19 heavy (non-hydrogen) atoms. The molecular formula is C16H24N2O. The quantitative estimate of drug-likeness (QED) is 0.825. The molecule has 0 spiro atoms. The third-order valence-electron chi connectivity index (χ3n) is 4.24. The average molecular weight is 260 g/mol. The van der Waals surface area contributed by atoms with Crippen LogP contribution in [0, 0.1) is 0 Å². The van der Waals surface area contributed by atoms with Crippen LogP contribution in [-0.2, 0) is 4.74 Å². The van der Waals surface area contributed by atoms with Crippen molar-refractivity contribution in [3.63, 3.8) is 0 Å². The van der Waals surface area contributed by atoms with Gasteiger partial charge in [-0.05, 0) is 42.7 Å². The van der Waals surface area contributed by atoms with Crippen molar-refractivity contribution >= 4 is 0 Å². The van der Waals surface area contributed by atoms with Gasteiger partial charge in [0.1, 0.15) is 0 Å². The zero-order valence-corrected chi connectivity index (χ0v) is 11.5. The highest BCUT2D eigenvalue weighted by Gasteiger charge is 2.28. The molecule has 1 aliphatic heterocycles. The van der Waals surface area contributed by atoms with E-state index in [9.17, 15) is 0 Å². The fourth-order valence-corrected chi connectivity index (χ4v) is 2.99. The van der Waals surface area contributed by atoms with Crippen molar-refractivity contribution in [2.45, 2.75) is 43.7 Å². The lowest BCUT2D eigenvalue weighted by Crippen LogP contribution is -2.34. The predicted octanol–water partition coefficient (Wildman–Crippen LogP) is 2.33. The Bertz CT molecular complexity index is 411. The summed E-state index contributed by atoms with van der Waals surface area (Å²) >= 11 is 0. The first-order valence-corrected chi connectivity index (χ1v) is 7.52. The van der Waals surface area contributed by atoms with Gasteiger partial charge in [-0.3, -0.25) is 0 Å². The lowest BCUT2D eigenvalue weighted by atomic mass is 9.97. The molecule has 3 rings (SSSR count). The third kappa shape index (κ3) is 3.16. The maximum absolute atomic E-state index is 5.98. The number of ether oxygens (including phenoxy) is 1. The molecule has 1 aromatic carbocycles. The van der Waals surface area contributed by atoms with E-state index >= 15 is 0 Å². The van der Waals surface area contributed by atoms with E-state index in [1.165, 1.54) is 36.8 Å². The highest BCUT2D eigenvalue weighted by Crippen LogP contribution is 2.42. The van der Waals surface area contributed by atoms with E-state index < -0.39 is 0 Å². The monoisotopic (exact) mass is 260 g/mol. The van der Waals surface area contributed by atoms with E-state index in [2.05, 4.69) is 29.6 Å². The largest absolute Gasteiger partial charge is 0.377 e. The summed E-state index contributed by atoms with van der Waals surface area (Å²) in [7, 11) is 0. The highest BCUT2D eigenvalue weighted by molar-refractivity contribution is 5.35. The third-order valence-corrected chi connectivity index (χ3v) is 4.24. The van der Waals surface area contributed by atoms with Crippen molar-refractivity contribution in [2.75, 3.05) is 19.7 Å². The number of hydrogen-bond acceptors (Lipinski definition) is 3. The van der Waals surface area contributed by atoms with Crippen LogP contribution in [0.15, 0.2) is 24.3 Å². The van der Waals surface area contributed by atoms with Crippen LogP contribution in [0.3, 0.4) is 0 Å². The Labute approximate surface area is 115 Å². The van der Waals surface area contributed by atoms with Gasteiger partial charge in [-0.2, -0.15) is 0 Å². The minimum absolute atomic E-state index is 0.265. The fraction of sp³-hybridized carbons (Fsp3) is 0.625. The van der Waals surface area contributed by atoms with E-state index in [1.54, 1.807) is 0 Å². The van der Waals surface area contributed by atoms with Crippen molar-refractivity contribution in [2.24, 2.45) is 5.73 Å². The summed E-state index contributed by atoms with van der Waals surface area (Å²) in [5.41, 5.74) is 8.87. The van der Waals surface area contributed by atoms with Gasteiger partial charge in [-0.15, -0.1) is 0 Å². The topological polar surface area (TPSA) is 47.3 Å². The molecule has 1 heterocycles. The van der Waals surface area contributed by atoms with Crippen molar-refractivity contribution in [1.82, 2.24) is 5.32 Å². The van der Waals surface area contributed by atoms with Crippen molar-refractivity contribution in [3.05, 3.63) is 35.4 Å². The second-order valence-electron chi connectivity index (χ2n) is 5.73. The fourth-order valence-electron chi connectivity index (χ4n) is 2.99. The lowest BCUT2D eigenvalue weighted by molar-refractivity contribution is 0.107. The summed E-state index contributed by atoms with van der Waals surface area (Å²) < 4.78 is 5.67. The van der Waals surface area contributed by atoms with Gasteiger partial charge in [0, 0.05) is 25.7 Å². The first kappa shape index (κ1) is 13.1. The van der Waals surface area contributed by atoms with Gasteiger partial charge in [-0.25, -0.2) is 0 Å². The molecule has 2 atom stereocenters. The van der Waals surface area contributed by atoms with Gasteiger partial charge in [-0.1, -0.05) is 24.3 Å². The van der Waals surface area contributed by atoms with E-state index in [0.29, 0.717) is 12.6 Å². The summed E-state index contributed by atoms with van der Waals surface area (Å²) in [6, 6.07) is 9.03. The maximum Gasteiger partial charge on any atom is 0.0700 e. The minimum Gasteiger partial charge on any atom is -0.377 e. The number of benzene rings is 1. The van der Waals surface area contributed by atoms with Crippen LogP contribution < -0.4 is 11.1 Å². The summed E-state index contributed by atoms with van der Waals surface area (Å²) in [5, 5.41) is 3.60. The molecule has 104 valence electrons. The first-order valence-electron chi connectivity index (χ1n) is 7.52. The molecule has 2 fully saturated rings. The predicted molar refractivity (Wildman–Crippen MR) is 77.2 cm³/mol. The average Bonchev–Trinajstić information content (AvgIpc) is 3.17. The molecule has 2 aliphatic rings. The van der Waals surface area contributed by atoms with E-state index in [0.717, 1.165) is 19.1 Å². The molecule has 3 heteroatoms. The number of hydrogen-bond donors (Lipinski definition) is 2. The first-order chi connectivity index (χ1) is 9.38. The number of nitrogens with one attached hydrogen (secondary N) is 1. The van der Waals surface area contributed by atoms with Gasteiger partial charge in [0.05, 0.1) is 6.10 Å². The van der Waals surface area contributed by atoms with Gasteiger partial charge >= 0.3 is 0 Å². The Kier molecular flexibility index (Phi) is 4.16. The molecule has 0 amide bonds. The van der Waals surface area contributed by atoms with E-state index in [-0.39, 0.29) is 6.04 Å². The number of rotatable bonds is 6. The van der Waals surface area contributed by atoms with Crippen LogP contribution in [-0.4, -0.2) is 25.8 Å². The van der Waals surface area contributed by atoms with E-state index in [4.69, 9.17) is 10.5 Å². The molecule has 1 aromatic rings. The summed E-state index contributed by atoms with van der Waals surface area (Å²) in [6.45, 7) is 2.48. The minimum atomic E-state index is 0.265. The SMILES string of the molecule is NCC(NCC1CCCO1)c1ccccc1C1CC1. The van der Waals surface area contributed by atoms with Crippen molar-refractivity contribution < 1.29 is 4.74 Å². The van der Waals surface area contributed by atoms with Crippen LogP contribution in [0.25, 0.3) is 0 Å². The summed E-state index contributed by atoms with van der Waals surface area (Å²) in [6.07, 6.45) is 5.41. The normalized spacial score (nSPS) is 24.6. The Morgan fingerprint density at radius 3 is 2.79 bits per heavy atom. The van der Waals surface area contributed by atoms with Gasteiger partial charge in [0.25, 0.3) is 0 Å². The van der Waals surface area contributed by atoms with Crippen LogP contribution in [0.1, 0.15) is 48.8 Å². The van der Waals surface area contributed by atoms with Gasteiger partial charge in [0.2, 0.25) is 0 Å². The van der Waals surface area contributed by atoms with Crippen LogP contribution in [0.2, 0.25) is 0 Å². The zero-order chi connectivity index (χ0) is 13.1. The molecule has 2 unspecified atom stereocenters. The molecule has 1 saturated carbocycles. The van der Waals surface area contributed by atoms with Crippen LogP contribution in [0.4, 0.5) is 0 Å². The summed E-state index contributed by atoms with van der Waals surface area (Å²) in [4.78, 5) is 0. The lowest BCUT2D eigenvalue weighted by Gasteiger charge is -2.22. The maximum atomic E-state index is 5.98. The van der Waals surface area contributed by atoms with Crippen LogP contribution >= 0.6 is 0 Å². The smallest absolute Gasteiger partial charge is 0.0700 e. The Morgan fingerprint density at radius 1 is 1.26 bits per heavy atom. The molecule has 3 N–H and O–H groups in total. The molecule has 1 aliphatic carbocycles.